The van der Waals surface area contributed by atoms with Gasteiger partial charge in [0.25, 0.3) is 0 Å². The van der Waals surface area contributed by atoms with Crippen LogP contribution in [0.5, 0.6) is 0 Å². The van der Waals surface area contributed by atoms with E-state index in [4.69, 9.17) is 10.5 Å². The van der Waals surface area contributed by atoms with Gasteiger partial charge in [-0.1, -0.05) is 6.07 Å². The maximum absolute atomic E-state index is 13.9. The van der Waals surface area contributed by atoms with Crippen LogP contribution in [0.1, 0.15) is 31.4 Å². The number of halogens is 1. The van der Waals surface area contributed by atoms with Gasteiger partial charge in [0, 0.05) is 29.4 Å². The Hall–Kier alpha value is -0.580. The molecule has 0 amide bonds. The SMILES string of the molecule is C[C@@H](N)c1ccc(SC2CCOCC2)c(F)c1. The average Bonchev–Trinajstić information content (AvgIpc) is 2.33. The molecule has 0 aromatic heterocycles. The van der Waals surface area contributed by atoms with Crippen molar-refractivity contribution in [2.75, 3.05) is 13.2 Å². The zero-order valence-electron chi connectivity index (χ0n) is 9.99. The molecule has 94 valence electrons. The first kappa shape index (κ1) is 12.9. The molecule has 1 aliphatic rings. The maximum Gasteiger partial charge on any atom is 0.137 e. The highest BCUT2D eigenvalue weighted by atomic mass is 32.2. The Morgan fingerprint density at radius 2 is 2.12 bits per heavy atom. The summed E-state index contributed by atoms with van der Waals surface area (Å²) in [7, 11) is 0. The van der Waals surface area contributed by atoms with Gasteiger partial charge in [0.05, 0.1) is 0 Å². The Morgan fingerprint density at radius 1 is 1.41 bits per heavy atom. The van der Waals surface area contributed by atoms with Gasteiger partial charge in [0.15, 0.2) is 0 Å². The molecule has 0 spiro atoms. The molecule has 1 aliphatic heterocycles. The highest BCUT2D eigenvalue weighted by molar-refractivity contribution is 8.00. The number of ether oxygens (including phenoxy) is 1. The summed E-state index contributed by atoms with van der Waals surface area (Å²) in [6.07, 6.45) is 2.00. The molecule has 1 aromatic rings. The smallest absolute Gasteiger partial charge is 0.137 e. The summed E-state index contributed by atoms with van der Waals surface area (Å²) in [6.45, 7) is 3.44. The molecule has 2 N–H and O–H groups in total. The summed E-state index contributed by atoms with van der Waals surface area (Å²) in [4.78, 5) is 0.723. The number of hydrogen-bond acceptors (Lipinski definition) is 3. The second kappa shape index (κ2) is 5.85. The molecule has 0 radical (unpaired) electrons. The molecule has 0 unspecified atom stereocenters. The van der Waals surface area contributed by atoms with Crippen LogP contribution in [0.3, 0.4) is 0 Å². The number of hydrogen-bond donors (Lipinski definition) is 1. The quantitative estimate of drug-likeness (QED) is 0.901. The first-order chi connectivity index (χ1) is 8.16. The van der Waals surface area contributed by atoms with Gasteiger partial charge < -0.3 is 10.5 Å². The second-order valence-electron chi connectivity index (χ2n) is 4.41. The highest BCUT2D eigenvalue weighted by Gasteiger charge is 2.17. The van der Waals surface area contributed by atoms with Gasteiger partial charge in [-0.05, 0) is 37.5 Å². The van der Waals surface area contributed by atoms with E-state index in [1.54, 1.807) is 17.8 Å². The molecule has 1 atom stereocenters. The predicted molar refractivity (Wildman–Crippen MR) is 68.7 cm³/mol. The molecule has 4 heteroatoms. The van der Waals surface area contributed by atoms with E-state index in [0.717, 1.165) is 36.5 Å². The zero-order valence-corrected chi connectivity index (χ0v) is 10.8. The molecule has 1 heterocycles. The molecule has 2 rings (SSSR count). The van der Waals surface area contributed by atoms with Gasteiger partial charge in [0.2, 0.25) is 0 Å². The van der Waals surface area contributed by atoms with E-state index in [-0.39, 0.29) is 11.9 Å². The second-order valence-corrected chi connectivity index (χ2v) is 5.75. The van der Waals surface area contributed by atoms with Gasteiger partial charge in [-0.3, -0.25) is 0 Å². The van der Waals surface area contributed by atoms with Crippen LogP contribution in [0.4, 0.5) is 4.39 Å². The van der Waals surface area contributed by atoms with Crippen LogP contribution in [0, 0.1) is 5.82 Å². The summed E-state index contributed by atoms with van der Waals surface area (Å²) in [5, 5.41) is 0.472. The van der Waals surface area contributed by atoms with Crippen molar-refractivity contribution in [3.8, 4) is 0 Å². The van der Waals surface area contributed by atoms with Crippen molar-refractivity contribution in [1.82, 2.24) is 0 Å². The maximum atomic E-state index is 13.9. The number of rotatable bonds is 3. The predicted octanol–water partition coefficient (Wildman–Crippen LogP) is 3.12. The van der Waals surface area contributed by atoms with Crippen molar-refractivity contribution in [1.29, 1.82) is 0 Å². The Bertz CT molecular complexity index is 378. The summed E-state index contributed by atoms with van der Waals surface area (Å²) in [6, 6.07) is 5.18. The lowest BCUT2D eigenvalue weighted by molar-refractivity contribution is 0.1000. The van der Waals surface area contributed by atoms with Gasteiger partial charge in [-0.15, -0.1) is 11.8 Å². The van der Waals surface area contributed by atoms with Crippen LogP contribution in [0.25, 0.3) is 0 Å². The van der Waals surface area contributed by atoms with Gasteiger partial charge in [-0.25, -0.2) is 4.39 Å². The summed E-state index contributed by atoms with van der Waals surface area (Å²) >= 11 is 1.62. The van der Waals surface area contributed by atoms with E-state index in [0.29, 0.717) is 5.25 Å². The molecule has 0 saturated carbocycles. The van der Waals surface area contributed by atoms with Crippen molar-refractivity contribution in [2.24, 2.45) is 5.73 Å². The van der Waals surface area contributed by atoms with Crippen LogP contribution in [0.2, 0.25) is 0 Å². The molecule has 0 bridgehead atoms. The first-order valence-electron chi connectivity index (χ1n) is 5.96. The fourth-order valence-electron chi connectivity index (χ4n) is 1.87. The van der Waals surface area contributed by atoms with E-state index in [2.05, 4.69) is 0 Å². The van der Waals surface area contributed by atoms with Crippen molar-refractivity contribution in [2.45, 2.75) is 36.0 Å². The minimum Gasteiger partial charge on any atom is -0.381 e. The van der Waals surface area contributed by atoms with Crippen molar-refractivity contribution < 1.29 is 9.13 Å². The summed E-state index contributed by atoms with van der Waals surface area (Å²) < 4.78 is 19.2. The molecule has 0 aliphatic carbocycles. The summed E-state index contributed by atoms with van der Waals surface area (Å²) in [5.74, 6) is -0.156. The van der Waals surface area contributed by atoms with E-state index >= 15 is 0 Å². The largest absolute Gasteiger partial charge is 0.381 e. The molecule has 17 heavy (non-hydrogen) atoms. The first-order valence-corrected chi connectivity index (χ1v) is 6.84. The van der Waals surface area contributed by atoms with Crippen molar-refractivity contribution >= 4 is 11.8 Å². The van der Waals surface area contributed by atoms with E-state index in [9.17, 15) is 4.39 Å². The fraction of sp³-hybridized carbons (Fsp3) is 0.538. The third-order valence-corrected chi connectivity index (χ3v) is 4.33. The Balaban J connectivity index is 2.05. The monoisotopic (exact) mass is 255 g/mol. The Labute approximate surface area is 106 Å². The van der Waals surface area contributed by atoms with Crippen LogP contribution in [-0.2, 0) is 4.74 Å². The molecule has 1 fully saturated rings. The minimum atomic E-state index is -0.156. The standard InChI is InChI=1S/C13H18FNOS/c1-9(15)10-2-3-13(12(14)8-10)17-11-4-6-16-7-5-11/h2-3,8-9,11H,4-7,15H2,1H3/t9-/m1/s1. The highest BCUT2D eigenvalue weighted by Crippen LogP contribution is 2.32. The fourth-order valence-corrected chi connectivity index (χ4v) is 2.97. The normalized spacial score (nSPS) is 19.2. The lowest BCUT2D eigenvalue weighted by atomic mass is 10.1. The Morgan fingerprint density at radius 3 is 2.71 bits per heavy atom. The van der Waals surface area contributed by atoms with Crippen LogP contribution >= 0.6 is 11.8 Å². The average molecular weight is 255 g/mol. The van der Waals surface area contributed by atoms with Crippen molar-refractivity contribution in [3.05, 3.63) is 29.6 Å². The lowest BCUT2D eigenvalue weighted by Gasteiger charge is -2.21. The third-order valence-electron chi connectivity index (χ3n) is 2.94. The molecule has 1 aromatic carbocycles. The zero-order chi connectivity index (χ0) is 12.3. The summed E-state index contributed by atoms with van der Waals surface area (Å²) in [5.41, 5.74) is 6.57. The van der Waals surface area contributed by atoms with E-state index in [1.165, 1.54) is 0 Å². The van der Waals surface area contributed by atoms with Gasteiger partial charge in [0.1, 0.15) is 5.82 Å². The van der Waals surface area contributed by atoms with Crippen LogP contribution in [0.15, 0.2) is 23.1 Å². The number of benzene rings is 1. The van der Waals surface area contributed by atoms with E-state index in [1.807, 2.05) is 19.1 Å². The van der Waals surface area contributed by atoms with Gasteiger partial charge >= 0.3 is 0 Å². The molecular formula is C13H18FNOS. The third kappa shape index (κ3) is 3.44. The van der Waals surface area contributed by atoms with Crippen molar-refractivity contribution in [3.63, 3.8) is 0 Å². The van der Waals surface area contributed by atoms with Crippen LogP contribution in [-0.4, -0.2) is 18.5 Å². The minimum absolute atomic E-state index is 0.119. The number of thioether (sulfide) groups is 1. The molecule has 1 saturated heterocycles. The lowest BCUT2D eigenvalue weighted by Crippen LogP contribution is -2.17. The topological polar surface area (TPSA) is 35.2 Å². The molecule has 2 nitrogen and oxygen atoms in total. The number of nitrogens with two attached hydrogens (primary N) is 1. The Kier molecular flexibility index (Phi) is 4.42. The van der Waals surface area contributed by atoms with Gasteiger partial charge in [-0.2, -0.15) is 0 Å². The molecular weight excluding hydrogens is 237 g/mol. The van der Waals surface area contributed by atoms with E-state index < -0.39 is 0 Å². The van der Waals surface area contributed by atoms with Crippen LogP contribution < -0.4 is 5.73 Å².